The van der Waals surface area contributed by atoms with E-state index in [-0.39, 0.29) is 28.5 Å². The van der Waals surface area contributed by atoms with Gasteiger partial charge in [-0.2, -0.15) is 0 Å². The van der Waals surface area contributed by atoms with Gasteiger partial charge in [-0.1, -0.05) is 19.3 Å². The smallest absolute Gasteiger partial charge is 0.157 e. The SMILES string of the molecule is Br.Oc1cc2c(cc1O)C1c3sc(C4CCCCC4)cc3CNC1CC2. The molecule has 1 aromatic carbocycles. The van der Waals surface area contributed by atoms with Gasteiger partial charge >= 0.3 is 0 Å². The van der Waals surface area contributed by atoms with Gasteiger partial charge in [0.1, 0.15) is 0 Å². The Morgan fingerprint density at radius 1 is 0.923 bits per heavy atom. The minimum absolute atomic E-state index is 0. The summed E-state index contributed by atoms with van der Waals surface area (Å²) >= 11 is 2.02. The van der Waals surface area contributed by atoms with Crippen molar-refractivity contribution in [3.63, 3.8) is 0 Å². The lowest BCUT2D eigenvalue weighted by Crippen LogP contribution is -2.41. The Morgan fingerprint density at radius 3 is 2.50 bits per heavy atom. The molecule has 2 aromatic rings. The zero-order chi connectivity index (χ0) is 17.0. The summed E-state index contributed by atoms with van der Waals surface area (Å²) in [6, 6.07) is 6.47. The predicted molar refractivity (Wildman–Crippen MR) is 111 cm³/mol. The molecule has 0 amide bonds. The van der Waals surface area contributed by atoms with Crippen LogP contribution in [-0.2, 0) is 13.0 Å². The number of nitrogens with one attached hydrogen (secondary N) is 1. The molecule has 2 aliphatic carbocycles. The first-order valence-corrected chi connectivity index (χ1v) is 10.4. The van der Waals surface area contributed by atoms with Gasteiger partial charge in [0.25, 0.3) is 0 Å². The van der Waals surface area contributed by atoms with Crippen LogP contribution in [0.1, 0.15) is 76.8 Å². The molecule has 1 aliphatic heterocycles. The average molecular weight is 436 g/mol. The number of aryl methyl sites for hydroxylation is 1. The number of aromatic hydroxyl groups is 2. The molecule has 2 unspecified atom stereocenters. The van der Waals surface area contributed by atoms with E-state index in [2.05, 4.69) is 11.4 Å². The molecule has 0 saturated heterocycles. The third kappa shape index (κ3) is 2.98. The molecule has 3 nitrogen and oxygen atoms in total. The summed E-state index contributed by atoms with van der Waals surface area (Å²) < 4.78 is 0. The highest BCUT2D eigenvalue weighted by molar-refractivity contribution is 8.93. The molecule has 0 bridgehead atoms. The Balaban J connectivity index is 0.00000168. The lowest BCUT2D eigenvalue weighted by atomic mass is 9.75. The zero-order valence-corrected chi connectivity index (χ0v) is 17.4. The third-order valence-electron chi connectivity index (χ3n) is 6.40. The van der Waals surface area contributed by atoms with Gasteiger partial charge in [0, 0.05) is 28.3 Å². The molecule has 0 radical (unpaired) electrons. The highest BCUT2D eigenvalue weighted by Crippen LogP contribution is 2.48. The molecule has 2 atom stereocenters. The third-order valence-corrected chi connectivity index (χ3v) is 7.83. The highest BCUT2D eigenvalue weighted by atomic mass is 79.9. The largest absolute Gasteiger partial charge is 0.504 e. The normalized spacial score (nSPS) is 24.9. The first-order valence-electron chi connectivity index (χ1n) is 9.61. The van der Waals surface area contributed by atoms with Crippen molar-refractivity contribution in [2.45, 2.75) is 69.4 Å². The second-order valence-electron chi connectivity index (χ2n) is 7.92. The first kappa shape index (κ1) is 18.3. The molecule has 3 aliphatic rings. The van der Waals surface area contributed by atoms with Crippen molar-refractivity contribution in [1.29, 1.82) is 0 Å². The second kappa shape index (κ2) is 7.17. The maximum atomic E-state index is 10.1. The predicted octanol–water partition coefficient (Wildman–Crippen LogP) is 5.33. The lowest BCUT2D eigenvalue weighted by molar-refractivity contribution is 0.383. The number of thiophene rings is 1. The quantitative estimate of drug-likeness (QED) is 0.530. The van der Waals surface area contributed by atoms with Crippen LogP contribution in [0.2, 0.25) is 0 Å². The van der Waals surface area contributed by atoms with Crippen LogP contribution in [0.5, 0.6) is 11.5 Å². The molecule has 5 heteroatoms. The van der Waals surface area contributed by atoms with Crippen molar-refractivity contribution >= 4 is 28.3 Å². The van der Waals surface area contributed by atoms with E-state index in [1.807, 2.05) is 11.3 Å². The summed E-state index contributed by atoms with van der Waals surface area (Å²) in [7, 11) is 0. The number of halogens is 1. The van der Waals surface area contributed by atoms with Gasteiger partial charge < -0.3 is 15.5 Å². The molecule has 26 heavy (non-hydrogen) atoms. The first-order chi connectivity index (χ1) is 12.2. The van der Waals surface area contributed by atoms with Crippen LogP contribution in [-0.4, -0.2) is 16.3 Å². The molecule has 1 saturated carbocycles. The molecule has 5 rings (SSSR count). The van der Waals surface area contributed by atoms with E-state index in [1.54, 1.807) is 17.0 Å². The summed E-state index contributed by atoms with van der Waals surface area (Å²) in [6.45, 7) is 0.971. The molecular weight excluding hydrogens is 410 g/mol. The van der Waals surface area contributed by atoms with Crippen molar-refractivity contribution in [3.8, 4) is 11.5 Å². The number of hydrogen-bond acceptors (Lipinski definition) is 4. The molecule has 2 heterocycles. The van der Waals surface area contributed by atoms with Crippen molar-refractivity contribution in [2.24, 2.45) is 0 Å². The van der Waals surface area contributed by atoms with E-state index in [1.165, 1.54) is 53.7 Å². The Morgan fingerprint density at radius 2 is 1.69 bits per heavy atom. The number of benzene rings is 1. The number of phenols is 2. The number of hydrogen-bond donors (Lipinski definition) is 3. The van der Waals surface area contributed by atoms with Gasteiger partial charge in [-0.25, -0.2) is 0 Å². The van der Waals surface area contributed by atoms with E-state index >= 15 is 0 Å². The van der Waals surface area contributed by atoms with Crippen LogP contribution in [0.15, 0.2) is 18.2 Å². The fourth-order valence-electron chi connectivity index (χ4n) is 5.08. The number of fused-ring (bicyclic) bond motifs is 5. The molecule has 1 fully saturated rings. The van der Waals surface area contributed by atoms with Crippen molar-refractivity contribution in [3.05, 3.63) is 44.6 Å². The maximum absolute atomic E-state index is 10.1. The lowest BCUT2D eigenvalue weighted by Gasteiger charge is -2.38. The van der Waals surface area contributed by atoms with Gasteiger partial charge in [0.2, 0.25) is 0 Å². The minimum Gasteiger partial charge on any atom is -0.504 e. The average Bonchev–Trinajstić information content (AvgIpc) is 3.07. The van der Waals surface area contributed by atoms with Gasteiger partial charge in [0.15, 0.2) is 11.5 Å². The van der Waals surface area contributed by atoms with E-state index in [0.29, 0.717) is 12.0 Å². The molecule has 140 valence electrons. The van der Waals surface area contributed by atoms with Gasteiger partial charge in [-0.3, -0.25) is 0 Å². The monoisotopic (exact) mass is 435 g/mol. The second-order valence-corrected chi connectivity index (χ2v) is 9.03. The van der Waals surface area contributed by atoms with Gasteiger partial charge in [-0.15, -0.1) is 28.3 Å². The number of phenolic OH excluding ortho intramolecular Hbond substituents is 2. The van der Waals surface area contributed by atoms with Gasteiger partial charge in [-0.05, 0) is 66.5 Å². The van der Waals surface area contributed by atoms with Crippen LogP contribution in [0.4, 0.5) is 0 Å². The summed E-state index contributed by atoms with van der Waals surface area (Å²) in [4.78, 5) is 3.07. The fourth-order valence-corrected chi connectivity index (χ4v) is 6.61. The van der Waals surface area contributed by atoms with E-state index in [9.17, 15) is 10.2 Å². The molecule has 0 spiro atoms. The standard InChI is InChI=1S/C21H25NO2S.BrH/c23-17-8-13-6-7-16-20(15(13)10-18(17)24)21-14(11-22-16)9-19(25-21)12-4-2-1-3-5-12;/h8-10,12,16,20,22-24H,1-7,11H2;1H. The molecular formula is C21H26BrNO2S. The van der Waals surface area contributed by atoms with E-state index in [4.69, 9.17) is 0 Å². The molecule has 3 N–H and O–H groups in total. The van der Waals surface area contributed by atoms with Crippen LogP contribution < -0.4 is 5.32 Å². The van der Waals surface area contributed by atoms with Crippen LogP contribution in [0.25, 0.3) is 0 Å². The summed E-state index contributed by atoms with van der Waals surface area (Å²) in [6.07, 6.45) is 8.87. The van der Waals surface area contributed by atoms with E-state index < -0.39 is 0 Å². The van der Waals surface area contributed by atoms with Gasteiger partial charge in [0.05, 0.1) is 0 Å². The van der Waals surface area contributed by atoms with Crippen LogP contribution in [0, 0.1) is 0 Å². The van der Waals surface area contributed by atoms with Crippen molar-refractivity contribution < 1.29 is 10.2 Å². The number of rotatable bonds is 1. The topological polar surface area (TPSA) is 52.5 Å². The van der Waals surface area contributed by atoms with Crippen LogP contribution >= 0.6 is 28.3 Å². The Kier molecular flexibility index (Phi) is 5.06. The maximum Gasteiger partial charge on any atom is 0.157 e. The summed E-state index contributed by atoms with van der Waals surface area (Å²) in [5, 5.41) is 23.7. The minimum atomic E-state index is 0. The van der Waals surface area contributed by atoms with E-state index in [0.717, 1.165) is 25.3 Å². The van der Waals surface area contributed by atoms with Crippen LogP contribution in [0.3, 0.4) is 0 Å². The summed E-state index contributed by atoms with van der Waals surface area (Å²) in [5.41, 5.74) is 3.85. The molecule has 1 aromatic heterocycles. The zero-order valence-electron chi connectivity index (χ0n) is 14.8. The fraction of sp³-hybridized carbons (Fsp3) is 0.524. The highest BCUT2D eigenvalue weighted by Gasteiger charge is 2.37. The Hall–Kier alpha value is -1.04. The Bertz CT molecular complexity index is 813. The van der Waals surface area contributed by atoms with Crippen molar-refractivity contribution in [2.75, 3.05) is 0 Å². The van der Waals surface area contributed by atoms with Crippen molar-refractivity contribution in [1.82, 2.24) is 5.32 Å². The Labute approximate surface area is 169 Å². The summed E-state index contributed by atoms with van der Waals surface area (Å²) in [5.74, 6) is 1.09.